The maximum Gasteiger partial charge on any atom is 0.301 e. The highest BCUT2D eigenvalue weighted by molar-refractivity contribution is 5.66. The predicted molar refractivity (Wildman–Crippen MR) is 78.8 cm³/mol. The van der Waals surface area contributed by atoms with Crippen molar-refractivity contribution in [1.29, 1.82) is 0 Å². The minimum Gasteiger partial charge on any atom is -0.259 e. The first-order valence-corrected chi connectivity index (χ1v) is 6.99. The molecule has 0 unspecified atom stereocenters. The number of hydrogen-bond acceptors (Lipinski definition) is 1. The van der Waals surface area contributed by atoms with Gasteiger partial charge in [-0.25, -0.2) is 4.57 Å². The molecule has 0 fully saturated rings. The van der Waals surface area contributed by atoms with E-state index in [4.69, 9.17) is 0 Å². The molecule has 2 aromatic rings. The number of hydrogen-bond donors (Lipinski definition) is 0. The van der Waals surface area contributed by atoms with Crippen LogP contribution in [-0.2, 0) is 13.1 Å². The lowest BCUT2D eigenvalue weighted by Gasteiger charge is -2.17. The van der Waals surface area contributed by atoms with E-state index >= 15 is 0 Å². The van der Waals surface area contributed by atoms with Gasteiger partial charge in [-0.1, -0.05) is 41.5 Å². The molecule has 3 nitrogen and oxygen atoms in total. The summed E-state index contributed by atoms with van der Waals surface area (Å²) in [5.41, 5.74) is 2.83. The van der Waals surface area contributed by atoms with Gasteiger partial charge in [-0.15, -0.1) is 4.98 Å². The number of imidazole rings is 1. The molecule has 2 rings (SSSR count). The minimum atomic E-state index is 0.253. The fourth-order valence-electron chi connectivity index (χ4n) is 2.38. The Labute approximate surface area is 116 Å². The lowest BCUT2D eigenvalue weighted by Crippen LogP contribution is -2.39. The average molecular weight is 260 g/mol. The van der Waals surface area contributed by atoms with E-state index < -0.39 is 0 Å². The number of aromatic nitrogens is 3. The third kappa shape index (κ3) is 3.55. The smallest absolute Gasteiger partial charge is 0.259 e. The maximum atomic E-state index is 4.56. The molecule has 0 N–H and O–H groups in total. The summed E-state index contributed by atoms with van der Waals surface area (Å²) < 4.78 is 4.61. The number of fused-ring (bicyclic) bond motifs is 1. The molecule has 0 aliphatic carbocycles. The van der Waals surface area contributed by atoms with Crippen LogP contribution in [0.1, 0.15) is 41.5 Å². The Balaban J connectivity index is 2.48. The zero-order valence-electron chi connectivity index (χ0n) is 13.1. The molecule has 0 aromatic carbocycles. The summed E-state index contributed by atoms with van der Waals surface area (Å²) >= 11 is 0. The average Bonchev–Trinajstić information content (AvgIpc) is 2.53. The molecule has 0 amide bonds. The largest absolute Gasteiger partial charge is 0.301 e. The van der Waals surface area contributed by atoms with E-state index in [9.17, 15) is 0 Å². The molecular formula is C16H26N3+. The van der Waals surface area contributed by atoms with Crippen molar-refractivity contribution in [2.75, 3.05) is 0 Å². The summed E-state index contributed by atoms with van der Waals surface area (Å²) in [5, 5.41) is 0. The molecule has 0 aliphatic rings. The molecule has 2 heterocycles. The standard InChI is InChI=1S/C16H26N3/c1-15(2,3)10-18-12-19(11-16(4,5)6)14-13(18)8-7-9-17-14/h7-9,12H,10-11H2,1-6H3/q+1. The maximum absolute atomic E-state index is 4.56. The van der Waals surface area contributed by atoms with E-state index in [1.165, 1.54) is 5.52 Å². The second kappa shape index (κ2) is 4.62. The van der Waals surface area contributed by atoms with E-state index in [2.05, 4.69) is 68.1 Å². The van der Waals surface area contributed by atoms with Gasteiger partial charge < -0.3 is 0 Å². The summed E-state index contributed by atoms with van der Waals surface area (Å²) in [6.45, 7) is 15.6. The van der Waals surface area contributed by atoms with Crippen LogP contribution in [0.5, 0.6) is 0 Å². The second-order valence-corrected chi connectivity index (χ2v) is 7.84. The van der Waals surface area contributed by atoms with Gasteiger partial charge in [-0.05, 0) is 23.0 Å². The molecule has 0 saturated heterocycles. The van der Waals surface area contributed by atoms with E-state index in [1.54, 1.807) is 0 Å². The Hall–Kier alpha value is -1.38. The first kappa shape index (κ1) is 14.0. The van der Waals surface area contributed by atoms with Crippen LogP contribution in [0.2, 0.25) is 0 Å². The highest BCUT2D eigenvalue weighted by atomic mass is 15.2. The highest BCUT2D eigenvalue weighted by Crippen LogP contribution is 2.20. The van der Waals surface area contributed by atoms with Crippen molar-refractivity contribution in [3.8, 4) is 0 Å². The molecule has 0 spiro atoms. The van der Waals surface area contributed by atoms with Gasteiger partial charge in [0.1, 0.15) is 6.20 Å². The van der Waals surface area contributed by atoms with Crippen LogP contribution in [0.4, 0.5) is 0 Å². The summed E-state index contributed by atoms with van der Waals surface area (Å²) in [7, 11) is 0. The first-order chi connectivity index (χ1) is 8.66. The van der Waals surface area contributed by atoms with E-state index in [0.29, 0.717) is 0 Å². The number of pyridine rings is 1. The van der Waals surface area contributed by atoms with Crippen LogP contribution >= 0.6 is 0 Å². The van der Waals surface area contributed by atoms with Gasteiger partial charge in [0.05, 0.1) is 13.1 Å². The Kier molecular flexibility index (Phi) is 3.41. The van der Waals surface area contributed by atoms with Crippen molar-refractivity contribution in [2.24, 2.45) is 10.8 Å². The van der Waals surface area contributed by atoms with Crippen LogP contribution in [-0.4, -0.2) is 9.55 Å². The van der Waals surface area contributed by atoms with Crippen molar-refractivity contribution in [1.82, 2.24) is 9.55 Å². The monoisotopic (exact) mass is 260 g/mol. The Bertz CT molecular complexity index is 518. The quantitative estimate of drug-likeness (QED) is 0.758. The Morgan fingerprint density at radius 1 is 1.11 bits per heavy atom. The minimum absolute atomic E-state index is 0.253. The zero-order chi connectivity index (χ0) is 14.3. The predicted octanol–water partition coefficient (Wildman–Crippen LogP) is 3.42. The SMILES string of the molecule is CC(C)(C)Cn1c[n+](CC(C)(C)C)c2ncccc21. The zero-order valence-corrected chi connectivity index (χ0v) is 13.1. The molecule has 3 heteroatoms. The molecule has 104 valence electrons. The lowest BCUT2D eigenvalue weighted by atomic mass is 9.97. The second-order valence-electron chi connectivity index (χ2n) is 7.84. The van der Waals surface area contributed by atoms with Crippen LogP contribution < -0.4 is 4.57 Å². The van der Waals surface area contributed by atoms with Gasteiger partial charge in [-0.3, -0.25) is 4.57 Å². The highest BCUT2D eigenvalue weighted by Gasteiger charge is 2.23. The van der Waals surface area contributed by atoms with Gasteiger partial charge >= 0.3 is 5.65 Å². The topological polar surface area (TPSA) is 21.7 Å². The normalized spacial score (nSPS) is 13.2. The van der Waals surface area contributed by atoms with E-state index in [1.807, 2.05) is 12.3 Å². The van der Waals surface area contributed by atoms with E-state index in [0.717, 1.165) is 18.7 Å². The van der Waals surface area contributed by atoms with Crippen LogP contribution in [0, 0.1) is 10.8 Å². The molecule has 0 atom stereocenters. The Morgan fingerprint density at radius 2 is 1.79 bits per heavy atom. The van der Waals surface area contributed by atoms with Crippen LogP contribution in [0.25, 0.3) is 11.2 Å². The van der Waals surface area contributed by atoms with Gasteiger partial charge in [-0.2, -0.15) is 0 Å². The van der Waals surface area contributed by atoms with Crippen LogP contribution in [0.3, 0.4) is 0 Å². The van der Waals surface area contributed by atoms with Crippen molar-refractivity contribution < 1.29 is 4.57 Å². The third-order valence-electron chi connectivity index (χ3n) is 2.92. The lowest BCUT2D eigenvalue weighted by molar-refractivity contribution is -0.685. The van der Waals surface area contributed by atoms with E-state index in [-0.39, 0.29) is 10.8 Å². The summed E-state index contributed by atoms with van der Waals surface area (Å²) in [6.07, 6.45) is 4.09. The third-order valence-corrected chi connectivity index (χ3v) is 2.92. The van der Waals surface area contributed by atoms with Gasteiger partial charge in [0.25, 0.3) is 0 Å². The van der Waals surface area contributed by atoms with Crippen LogP contribution in [0.15, 0.2) is 24.7 Å². The van der Waals surface area contributed by atoms with Crippen molar-refractivity contribution >= 4 is 11.2 Å². The van der Waals surface area contributed by atoms with Crippen molar-refractivity contribution in [2.45, 2.75) is 54.6 Å². The molecule has 0 bridgehead atoms. The van der Waals surface area contributed by atoms with Crippen molar-refractivity contribution in [3.05, 3.63) is 24.7 Å². The summed E-state index contributed by atoms with van der Waals surface area (Å²) in [6, 6.07) is 4.18. The van der Waals surface area contributed by atoms with Gasteiger partial charge in [0.2, 0.25) is 0 Å². The van der Waals surface area contributed by atoms with Gasteiger partial charge in [0.15, 0.2) is 11.8 Å². The number of rotatable bonds is 2. The van der Waals surface area contributed by atoms with Gasteiger partial charge in [0, 0.05) is 0 Å². The molecule has 0 aliphatic heterocycles. The molecule has 2 aromatic heterocycles. The fourth-order valence-corrected chi connectivity index (χ4v) is 2.38. The molecule has 0 radical (unpaired) electrons. The number of nitrogens with zero attached hydrogens (tertiary/aromatic N) is 3. The molecular weight excluding hydrogens is 234 g/mol. The molecule has 0 saturated carbocycles. The fraction of sp³-hybridized carbons (Fsp3) is 0.625. The first-order valence-electron chi connectivity index (χ1n) is 6.99. The van der Waals surface area contributed by atoms with Crippen molar-refractivity contribution in [3.63, 3.8) is 0 Å². The summed E-state index contributed by atoms with van der Waals surface area (Å²) in [4.78, 5) is 4.56. The Morgan fingerprint density at radius 3 is 2.37 bits per heavy atom. The molecule has 19 heavy (non-hydrogen) atoms. The summed E-state index contributed by atoms with van der Waals surface area (Å²) in [5.74, 6) is 0.